The molecular weight excluding hydrogens is 356 g/mol. The Bertz CT molecular complexity index is 641. The number of rotatable bonds is 7. The first-order valence-corrected chi connectivity index (χ1v) is 10.3. The second-order valence-corrected chi connectivity index (χ2v) is 7.98. The molecule has 2 amide bonds. The van der Waals surface area contributed by atoms with Crippen LogP contribution in [0.15, 0.2) is 30.3 Å². The maximum absolute atomic E-state index is 12.6. The highest BCUT2D eigenvalue weighted by Crippen LogP contribution is 2.41. The Kier molecular flexibility index (Phi) is 7.45. The summed E-state index contributed by atoms with van der Waals surface area (Å²) in [4.78, 5) is 28.8. The lowest BCUT2D eigenvalue weighted by Gasteiger charge is -2.41. The number of hydrogen-bond acceptors (Lipinski definition) is 4. The Labute approximate surface area is 167 Å². The molecule has 1 aromatic rings. The van der Waals surface area contributed by atoms with Crippen molar-refractivity contribution < 1.29 is 19.1 Å². The van der Waals surface area contributed by atoms with Gasteiger partial charge in [-0.05, 0) is 36.7 Å². The van der Waals surface area contributed by atoms with Gasteiger partial charge in [-0.2, -0.15) is 0 Å². The molecule has 154 valence electrons. The Morgan fingerprint density at radius 3 is 2.46 bits per heavy atom. The first-order valence-electron chi connectivity index (χ1n) is 10.3. The van der Waals surface area contributed by atoms with Crippen LogP contribution < -0.4 is 0 Å². The van der Waals surface area contributed by atoms with E-state index in [4.69, 9.17) is 9.47 Å². The number of carbonyl (C=O) groups excluding carboxylic acids is 2. The normalized spacial score (nSPS) is 19.7. The summed E-state index contributed by atoms with van der Waals surface area (Å²) in [6.07, 6.45) is 4.52. The van der Waals surface area contributed by atoms with E-state index in [0.717, 1.165) is 45.3 Å². The molecule has 2 fully saturated rings. The molecule has 0 radical (unpaired) electrons. The quantitative estimate of drug-likeness (QED) is 0.674. The molecule has 2 aliphatic heterocycles. The number of ether oxygens (including phenoxy) is 2. The highest BCUT2D eigenvalue weighted by atomic mass is 16.5. The number of likely N-dealkylation sites (tertiary alicyclic amines) is 2. The first-order chi connectivity index (χ1) is 13.6. The number of carbonyl (C=O) groups is 2. The zero-order valence-corrected chi connectivity index (χ0v) is 16.9. The van der Waals surface area contributed by atoms with E-state index in [1.54, 1.807) is 7.11 Å². The predicted molar refractivity (Wildman–Crippen MR) is 107 cm³/mol. The van der Waals surface area contributed by atoms with Crippen LogP contribution in [0.3, 0.4) is 0 Å². The van der Waals surface area contributed by atoms with Gasteiger partial charge in [-0.25, -0.2) is 0 Å². The van der Waals surface area contributed by atoms with E-state index in [1.807, 2.05) is 28.0 Å². The third kappa shape index (κ3) is 5.55. The van der Waals surface area contributed by atoms with E-state index in [0.29, 0.717) is 26.2 Å². The van der Waals surface area contributed by atoms with Crippen molar-refractivity contribution in [2.75, 3.05) is 46.6 Å². The van der Waals surface area contributed by atoms with Crippen molar-refractivity contribution in [1.82, 2.24) is 9.80 Å². The SMILES string of the molecule is COCCOCC(=O)N1CCC2(CCC(=O)N(Cc3ccccc3)CC2)CC1. The van der Waals surface area contributed by atoms with Crippen LogP contribution in [0.25, 0.3) is 0 Å². The smallest absolute Gasteiger partial charge is 0.248 e. The molecule has 0 bridgehead atoms. The first kappa shape index (κ1) is 20.8. The molecule has 0 unspecified atom stereocenters. The summed E-state index contributed by atoms with van der Waals surface area (Å²) < 4.78 is 10.3. The maximum Gasteiger partial charge on any atom is 0.248 e. The summed E-state index contributed by atoms with van der Waals surface area (Å²) in [5, 5.41) is 0. The molecule has 0 aromatic heterocycles. The molecule has 0 N–H and O–H groups in total. The van der Waals surface area contributed by atoms with Crippen LogP contribution in [0.2, 0.25) is 0 Å². The van der Waals surface area contributed by atoms with Crippen molar-refractivity contribution >= 4 is 11.8 Å². The average Bonchev–Trinajstić information content (AvgIpc) is 2.87. The van der Waals surface area contributed by atoms with Gasteiger partial charge in [-0.15, -0.1) is 0 Å². The van der Waals surface area contributed by atoms with Crippen LogP contribution >= 0.6 is 0 Å². The highest BCUT2D eigenvalue weighted by molar-refractivity contribution is 5.78. The van der Waals surface area contributed by atoms with E-state index in [-0.39, 0.29) is 23.8 Å². The Hall–Kier alpha value is -1.92. The van der Waals surface area contributed by atoms with Crippen LogP contribution in [-0.2, 0) is 25.6 Å². The monoisotopic (exact) mass is 388 g/mol. The van der Waals surface area contributed by atoms with Crippen LogP contribution in [0.4, 0.5) is 0 Å². The van der Waals surface area contributed by atoms with Crippen molar-refractivity contribution in [3.63, 3.8) is 0 Å². The average molecular weight is 389 g/mol. The topological polar surface area (TPSA) is 59.1 Å². The highest BCUT2D eigenvalue weighted by Gasteiger charge is 2.38. The number of piperidine rings is 1. The molecule has 0 aliphatic carbocycles. The van der Waals surface area contributed by atoms with E-state index in [1.165, 1.54) is 5.56 Å². The Balaban J connectivity index is 1.48. The van der Waals surface area contributed by atoms with Crippen LogP contribution in [-0.4, -0.2) is 68.2 Å². The fourth-order valence-electron chi connectivity index (χ4n) is 4.25. The third-order valence-corrected chi connectivity index (χ3v) is 6.18. The molecule has 1 aromatic carbocycles. The molecule has 28 heavy (non-hydrogen) atoms. The van der Waals surface area contributed by atoms with Crippen LogP contribution in [0, 0.1) is 5.41 Å². The van der Waals surface area contributed by atoms with Crippen LogP contribution in [0.1, 0.15) is 37.7 Å². The zero-order valence-electron chi connectivity index (χ0n) is 16.9. The fourth-order valence-corrected chi connectivity index (χ4v) is 4.25. The fraction of sp³-hybridized carbons (Fsp3) is 0.636. The molecule has 0 saturated carbocycles. The Morgan fingerprint density at radius 2 is 1.75 bits per heavy atom. The minimum absolute atomic E-state index is 0.0568. The summed E-state index contributed by atoms with van der Waals surface area (Å²) in [6, 6.07) is 10.2. The number of methoxy groups -OCH3 is 1. The van der Waals surface area contributed by atoms with Gasteiger partial charge in [0.1, 0.15) is 6.61 Å². The van der Waals surface area contributed by atoms with Crippen molar-refractivity contribution in [2.45, 2.75) is 38.6 Å². The van der Waals surface area contributed by atoms with Gasteiger partial charge in [0, 0.05) is 39.7 Å². The molecule has 2 heterocycles. The summed E-state index contributed by atoms with van der Waals surface area (Å²) in [5.41, 5.74) is 1.37. The summed E-state index contributed by atoms with van der Waals surface area (Å²) in [5.74, 6) is 0.312. The number of nitrogens with zero attached hydrogens (tertiary/aromatic N) is 2. The second-order valence-electron chi connectivity index (χ2n) is 7.98. The minimum Gasteiger partial charge on any atom is -0.382 e. The maximum atomic E-state index is 12.6. The molecule has 6 nitrogen and oxygen atoms in total. The van der Waals surface area contributed by atoms with Crippen LogP contribution in [0.5, 0.6) is 0 Å². The van der Waals surface area contributed by atoms with E-state index in [2.05, 4.69) is 12.1 Å². The lowest BCUT2D eigenvalue weighted by Crippen LogP contribution is -2.45. The lowest BCUT2D eigenvalue weighted by atomic mass is 9.73. The summed E-state index contributed by atoms with van der Waals surface area (Å²) in [6.45, 7) is 4.10. The molecule has 1 spiro atoms. The van der Waals surface area contributed by atoms with E-state index in [9.17, 15) is 9.59 Å². The van der Waals surface area contributed by atoms with Gasteiger partial charge in [0.15, 0.2) is 0 Å². The van der Waals surface area contributed by atoms with Gasteiger partial charge in [0.05, 0.1) is 13.2 Å². The number of benzene rings is 1. The van der Waals surface area contributed by atoms with Crippen molar-refractivity contribution in [3.05, 3.63) is 35.9 Å². The standard InChI is InChI=1S/C22H32N2O4/c1-27-15-16-28-18-21(26)23-12-9-22(10-13-23)8-7-20(25)24(14-11-22)17-19-5-3-2-4-6-19/h2-6H,7-18H2,1H3. The van der Waals surface area contributed by atoms with Crippen molar-refractivity contribution in [2.24, 2.45) is 5.41 Å². The second kappa shape index (κ2) is 10.0. The lowest BCUT2D eigenvalue weighted by molar-refractivity contribution is -0.139. The van der Waals surface area contributed by atoms with Gasteiger partial charge < -0.3 is 19.3 Å². The van der Waals surface area contributed by atoms with E-state index >= 15 is 0 Å². The van der Waals surface area contributed by atoms with Gasteiger partial charge in [0.2, 0.25) is 11.8 Å². The molecular formula is C22H32N2O4. The van der Waals surface area contributed by atoms with Gasteiger partial charge in [-0.1, -0.05) is 30.3 Å². The summed E-state index contributed by atoms with van der Waals surface area (Å²) in [7, 11) is 1.62. The molecule has 0 atom stereocenters. The van der Waals surface area contributed by atoms with Gasteiger partial charge in [-0.3, -0.25) is 9.59 Å². The predicted octanol–water partition coefficient (Wildman–Crippen LogP) is 2.47. The minimum atomic E-state index is 0.0568. The van der Waals surface area contributed by atoms with Crippen molar-refractivity contribution in [3.8, 4) is 0 Å². The molecule has 2 saturated heterocycles. The largest absolute Gasteiger partial charge is 0.382 e. The number of hydrogen-bond donors (Lipinski definition) is 0. The molecule has 6 heteroatoms. The summed E-state index contributed by atoms with van der Waals surface area (Å²) >= 11 is 0. The zero-order chi connectivity index (χ0) is 19.8. The van der Waals surface area contributed by atoms with Gasteiger partial charge >= 0.3 is 0 Å². The van der Waals surface area contributed by atoms with Gasteiger partial charge in [0.25, 0.3) is 0 Å². The Morgan fingerprint density at radius 1 is 1.04 bits per heavy atom. The van der Waals surface area contributed by atoms with E-state index < -0.39 is 0 Å². The number of amides is 2. The van der Waals surface area contributed by atoms with Crippen molar-refractivity contribution in [1.29, 1.82) is 0 Å². The molecule has 2 aliphatic rings. The molecule has 3 rings (SSSR count). The third-order valence-electron chi connectivity index (χ3n) is 6.18.